The number of likely N-dealkylation sites (N-methyl/N-ethyl adjacent to an activating group) is 1. The molecular formula is C21H22N4O5. The van der Waals surface area contributed by atoms with Crippen molar-refractivity contribution >= 4 is 27.6 Å². The SMILES string of the molecule is COc1cc2c(cc1OC)n(CCN(C)C)c(=O)n1c3cc4c(cc3nc21)OCO4. The number of aromatic nitrogens is 3. The predicted molar refractivity (Wildman–Crippen MR) is 112 cm³/mol. The van der Waals surface area contributed by atoms with Crippen LogP contribution in [0, 0.1) is 0 Å². The van der Waals surface area contributed by atoms with Gasteiger partial charge >= 0.3 is 5.69 Å². The second-order valence-electron chi connectivity index (χ2n) is 7.43. The summed E-state index contributed by atoms with van der Waals surface area (Å²) < 4.78 is 25.3. The average Bonchev–Trinajstić information content (AvgIpc) is 3.34. The van der Waals surface area contributed by atoms with Crippen LogP contribution in [-0.4, -0.2) is 60.5 Å². The van der Waals surface area contributed by atoms with E-state index in [-0.39, 0.29) is 12.5 Å². The zero-order valence-corrected chi connectivity index (χ0v) is 17.3. The Bertz CT molecular complexity index is 1360. The quantitative estimate of drug-likeness (QED) is 0.499. The summed E-state index contributed by atoms with van der Waals surface area (Å²) in [6, 6.07) is 7.31. The molecule has 0 radical (unpaired) electrons. The van der Waals surface area contributed by atoms with E-state index in [1.54, 1.807) is 29.3 Å². The van der Waals surface area contributed by atoms with Gasteiger partial charge in [0.2, 0.25) is 6.79 Å². The Morgan fingerprint density at radius 2 is 1.73 bits per heavy atom. The molecule has 0 saturated heterocycles. The number of methoxy groups -OCH3 is 2. The summed E-state index contributed by atoms with van der Waals surface area (Å²) in [4.78, 5) is 20.4. The molecule has 0 atom stereocenters. The van der Waals surface area contributed by atoms with Crippen molar-refractivity contribution < 1.29 is 18.9 Å². The maximum Gasteiger partial charge on any atom is 0.334 e. The molecule has 0 bridgehead atoms. The van der Waals surface area contributed by atoms with Crippen LogP contribution in [0.3, 0.4) is 0 Å². The smallest absolute Gasteiger partial charge is 0.334 e. The fraction of sp³-hybridized carbons (Fsp3) is 0.333. The largest absolute Gasteiger partial charge is 0.493 e. The lowest BCUT2D eigenvalue weighted by Gasteiger charge is -2.17. The van der Waals surface area contributed by atoms with E-state index < -0.39 is 0 Å². The van der Waals surface area contributed by atoms with Gasteiger partial charge < -0.3 is 23.8 Å². The Kier molecular flexibility index (Phi) is 4.21. The van der Waals surface area contributed by atoms with Crippen LogP contribution in [0.25, 0.3) is 27.6 Å². The highest BCUT2D eigenvalue weighted by Crippen LogP contribution is 2.38. The molecule has 1 aliphatic heterocycles. The minimum Gasteiger partial charge on any atom is -0.493 e. The van der Waals surface area contributed by atoms with E-state index in [0.29, 0.717) is 52.8 Å². The number of rotatable bonds is 5. The summed E-state index contributed by atoms with van der Waals surface area (Å²) in [5.74, 6) is 2.37. The molecule has 0 spiro atoms. The van der Waals surface area contributed by atoms with Crippen LogP contribution < -0.4 is 24.6 Å². The van der Waals surface area contributed by atoms with Crippen LogP contribution >= 0.6 is 0 Å². The van der Waals surface area contributed by atoms with Crippen molar-refractivity contribution in [3.05, 3.63) is 34.7 Å². The van der Waals surface area contributed by atoms with Gasteiger partial charge in [-0.05, 0) is 20.2 Å². The number of nitrogens with zero attached hydrogens (tertiary/aromatic N) is 4. The molecule has 30 heavy (non-hydrogen) atoms. The molecule has 156 valence electrons. The van der Waals surface area contributed by atoms with Crippen molar-refractivity contribution in [2.75, 3.05) is 41.7 Å². The maximum atomic E-state index is 13.6. The van der Waals surface area contributed by atoms with Gasteiger partial charge in [-0.15, -0.1) is 0 Å². The first-order chi connectivity index (χ1) is 14.5. The fourth-order valence-electron chi connectivity index (χ4n) is 3.85. The predicted octanol–water partition coefficient (Wildman–Crippen LogP) is 2.11. The van der Waals surface area contributed by atoms with Crippen LogP contribution in [0.4, 0.5) is 0 Å². The van der Waals surface area contributed by atoms with Gasteiger partial charge in [0.25, 0.3) is 0 Å². The van der Waals surface area contributed by atoms with Crippen LogP contribution in [0.5, 0.6) is 23.0 Å². The zero-order chi connectivity index (χ0) is 21.0. The lowest BCUT2D eigenvalue weighted by Crippen LogP contribution is -2.31. The first kappa shape index (κ1) is 18.6. The van der Waals surface area contributed by atoms with E-state index in [4.69, 9.17) is 23.9 Å². The number of imidazole rings is 1. The highest BCUT2D eigenvalue weighted by molar-refractivity contribution is 5.98. The first-order valence-corrected chi connectivity index (χ1v) is 9.57. The Morgan fingerprint density at radius 1 is 1.03 bits per heavy atom. The van der Waals surface area contributed by atoms with Gasteiger partial charge in [0.1, 0.15) is 0 Å². The van der Waals surface area contributed by atoms with Gasteiger partial charge in [-0.2, -0.15) is 0 Å². The summed E-state index contributed by atoms with van der Waals surface area (Å²) >= 11 is 0. The number of hydrogen-bond acceptors (Lipinski definition) is 7. The lowest BCUT2D eigenvalue weighted by atomic mass is 10.2. The van der Waals surface area contributed by atoms with Crippen LogP contribution in [0.1, 0.15) is 0 Å². The van der Waals surface area contributed by atoms with Crippen LogP contribution in [-0.2, 0) is 6.54 Å². The van der Waals surface area contributed by atoms with Crippen molar-refractivity contribution in [2.24, 2.45) is 0 Å². The lowest BCUT2D eigenvalue weighted by molar-refractivity contribution is 0.174. The summed E-state index contributed by atoms with van der Waals surface area (Å²) in [5.41, 5.74) is 2.46. The summed E-state index contributed by atoms with van der Waals surface area (Å²) in [6.07, 6.45) is 0. The normalized spacial score (nSPS) is 13.1. The third-order valence-electron chi connectivity index (χ3n) is 5.38. The van der Waals surface area contributed by atoms with E-state index in [0.717, 1.165) is 10.9 Å². The second-order valence-corrected chi connectivity index (χ2v) is 7.43. The number of hydrogen-bond donors (Lipinski definition) is 0. The molecule has 4 aromatic rings. The second kappa shape index (κ2) is 6.81. The molecule has 0 amide bonds. The molecule has 0 saturated carbocycles. The molecule has 0 unspecified atom stereocenters. The monoisotopic (exact) mass is 410 g/mol. The summed E-state index contributed by atoms with van der Waals surface area (Å²) in [5, 5.41) is 0.796. The van der Waals surface area contributed by atoms with E-state index in [2.05, 4.69) is 0 Å². The van der Waals surface area contributed by atoms with E-state index >= 15 is 0 Å². The Hall–Kier alpha value is -3.46. The fourth-order valence-corrected chi connectivity index (χ4v) is 3.85. The minimum atomic E-state index is -0.173. The molecule has 2 aromatic carbocycles. The first-order valence-electron chi connectivity index (χ1n) is 9.57. The molecule has 0 fully saturated rings. The van der Waals surface area contributed by atoms with Crippen molar-refractivity contribution in [3.63, 3.8) is 0 Å². The summed E-state index contributed by atoms with van der Waals surface area (Å²) in [7, 11) is 7.12. The van der Waals surface area contributed by atoms with Crippen LogP contribution in [0.2, 0.25) is 0 Å². The highest BCUT2D eigenvalue weighted by Gasteiger charge is 2.22. The van der Waals surface area contributed by atoms with Crippen molar-refractivity contribution in [1.82, 2.24) is 18.9 Å². The van der Waals surface area contributed by atoms with E-state index in [1.165, 1.54) is 0 Å². The average molecular weight is 410 g/mol. The standard InChI is InChI=1S/C21H22N4O5/c1-23(2)5-6-24-14-9-17(28-4)16(27-3)7-12(14)20-22-13-8-18-19(30-11-29-18)10-15(13)25(20)21(24)26/h7-10H,5-6,11H2,1-4H3. The minimum absolute atomic E-state index is 0.164. The van der Waals surface area contributed by atoms with Crippen molar-refractivity contribution in [2.45, 2.75) is 6.54 Å². The van der Waals surface area contributed by atoms with E-state index in [9.17, 15) is 4.79 Å². The molecule has 1 aliphatic rings. The maximum absolute atomic E-state index is 13.6. The molecule has 5 rings (SSSR count). The summed E-state index contributed by atoms with van der Waals surface area (Å²) in [6.45, 7) is 1.38. The molecular weight excluding hydrogens is 388 g/mol. The van der Waals surface area contributed by atoms with Crippen LogP contribution in [0.15, 0.2) is 29.1 Å². The molecule has 2 aromatic heterocycles. The third kappa shape index (κ3) is 2.66. The molecule has 9 nitrogen and oxygen atoms in total. The number of ether oxygens (including phenoxy) is 4. The van der Waals surface area contributed by atoms with Crippen molar-refractivity contribution in [1.29, 1.82) is 0 Å². The highest BCUT2D eigenvalue weighted by atomic mass is 16.7. The number of benzene rings is 2. The molecule has 9 heteroatoms. The number of fused-ring (bicyclic) bond motifs is 6. The van der Waals surface area contributed by atoms with Gasteiger partial charge in [0.15, 0.2) is 28.6 Å². The Balaban J connectivity index is 1.92. The van der Waals surface area contributed by atoms with Gasteiger partial charge in [0, 0.05) is 36.7 Å². The third-order valence-corrected chi connectivity index (χ3v) is 5.38. The molecule has 0 N–H and O–H groups in total. The molecule has 3 heterocycles. The van der Waals surface area contributed by atoms with Gasteiger partial charge in [-0.3, -0.25) is 4.57 Å². The van der Waals surface area contributed by atoms with E-state index in [1.807, 2.05) is 37.2 Å². The molecule has 0 aliphatic carbocycles. The Morgan fingerprint density at radius 3 is 2.43 bits per heavy atom. The van der Waals surface area contributed by atoms with Gasteiger partial charge in [0.05, 0.1) is 30.8 Å². The van der Waals surface area contributed by atoms with Gasteiger partial charge in [-0.1, -0.05) is 0 Å². The van der Waals surface area contributed by atoms with Gasteiger partial charge in [-0.25, -0.2) is 14.2 Å². The van der Waals surface area contributed by atoms with Crippen molar-refractivity contribution in [3.8, 4) is 23.0 Å². The Labute approximate surface area is 171 Å². The topological polar surface area (TPSA) is 79.5 Å². The zero-order valence-electron chi connectivity index (χ0n) is 17.3.